The van der Waals surface area contributed by atoms with Crippen LogP contribution in [-0.2, 0) is 15.1 Å². The normalized spacial score (nSPS) is 12.6. The average Bonchev–Trinajstić information content (AvgIpc) is 2.74. The Balaban J connectivity index is 2.62. The summed E-state index contributed by atoms with van der Waals surface area (Å²) < 4.78 is 6.14. The summed E-state index contributed by atoms with van der Waals surface area (Å²) in [5.41, 5.74) is -1.81. The Morgan fingerprint density at radius 2 is 1.90 bits per heavy atom. The number of hydrogen-bond acceptors (Lipinski definition) is 6. The van der Waals surface area contributed by atoms with Crippen LogP contribution in [0.3, 0.4) is 0 Å². The third-order valence-corrected chi connectivity index (χ3v) is 3.60. The summed E-state index contributed by atoms with van der Waals surface area (Å²) >= 11 is 1.16. The van der Waals surface area contributed by atoms with Crippen LogP contribution in [0.4, 0.5) is 0 Å². The van der Waals surface area contributed by atoms with E-state index < -0.39 is 28.4 Å². The number of nitrogens with one attached hydrogen (secondary N) is 1. The fraction of sp³-hybridized carbons (Fsp3) is 0.538. The maximum atomic E-state index is 12.4. The van der Waals surface area contributed by atoms with Gasteiger partial charge < -0.3 is 4.74 Å². The zero-order chi connectivity index (χ0) is 16.0. The standard InChI is InChI=1S/C13H17N3O4S/c1-12(2,3)20-10(18)13(4,5)16-9(17)7-8(15-11(16)19)21-6-14-7/h6H,1-5H3,(H,15,19). The van der Waals surface area contributed by atoms with E-state index in [-0.39, 0.29) is 5.52 Å². The number of thiazole rings is 1. The highest BCUT2D eigenvalue weighted by Gasteiger charge is 2.37. The first-order valence-electron chi connectivity index (χ1n) is 6.36. The number of aromatic amines is 1. The molecule has 0 amide bonds. The second kappa shape index (κ2) is 4.80. The van der Waals surface area contributed by atoms with Gasteiger partial charge in [-0.05, 0) is 34.6 Å². The summed E-state index contributed by atoms with van der Waals surface area (Å²) in [4.78, 5) is 43.7. The molecule has 0 radical (unpaired) electrons. The molecule has 0 aliphatic carbocycles. The second-order valence-electron chi connectivity index (χ2n) is 6.16. The highest BCUT2D eigenvalue weighted by molar-refractivity contribution is 7.16. The van der Waals surface area contributed by atoms with Gasteiger partial charge in [-0.25, -0.2) is 19.1 Å². The largest absolute Gasteiger partial charge is 0.458 e. The lowest BCUT2D eigenvalue weighted by atomic mass is 10.0. The first-order valence-corrected chi connectivity index (χ1v) is 7.24. The molecule has 2 aromatic rings. The second-order valence-corrected chi connectivity index (χ2v) is 7.02. The van der Waals surface area contributed by atoms with E-state index in [0.717, 1.165) is 15.9 Å². The third kappa shape index (κ3) is 2.76. The lowest BCUT2D eigenvalue weighted by Crippen LogP contribution is -2.52. The summed E-state index contributed by atoms with van der Waals surface area (Å²) in [5, 5.41) is 0. The average molecular weight is 311 g/mol. The Morgan fingerprint density at radius 1 is 1.29 bits per heavy atom. The maximum Gasteiger partial charge on any atom is 0.332 e. The van der Waals surface area contributed by atoms with Crippen molar-refractivity contribution in [2.24, 2.45) is 0 Å². The molecule has 1 N–H and O–H groups in total. The van der Waals surface area contributed by atoms with Crippen LogP contribution in [0.15, 0.2) is 15.1 Å². The molecule has 2 rings (SSSR count). The van der Waals surface area contributed by atoms with Gasteiger partial charge in [0.15, 0.2) is 5.52 Å². The fourth-order valence-electron chi connectivity index (χ4n) is 1.84. The molecule has 0 fully saturated rings. The van der Waals surface area contributed by atoms with Gasteiger partial charge in [0.25, 0.3) is 5.56 Å². The quantitative estimate of drug-likeness (QED) is 0.842. The first kappa shape index (κ1) is 15.4. The molecule has 2 heterocycles. The first-order chi connectivity index (χ1) is 9.54. The van der Waals surface area contributed by atoms with E-state index in [9.17, 15) is 14.4 Å². The molecule has 0 atom stereocenters. The number of carbonyl (C=O) groups excluding carboxylic acids is 1. The highest BCUT2D eigenvalue weighted by Crippen LogP contribution is 2.19. The predicted octanol–water partition coefficient (Wildman–Crippen LogP) is 1.22. The molecule has 0 spiro atoms. The minimum Gasteiger partial charge on any atom is -0.458 e. The van der Waals surface area contributed by atoms with Crippen LogP contribution < -0.4 is 11.2 Å². The smallest absolute Gasteiger partial charge is 0.332 e. The van der Waals surface area contributed by atoms with Crippen molar-refractivity contribution in [2.45, 2.75) is 45.8 Å². The van der Waals surface area contributed by atoms with Gasteiger partial charge in [0.1, 0.15) is 16.0 Å². The summed E-state index contributed by atoms with van der Waals surface area (Å²) in [6, 6.07) is 0. The molecule has 0 aromatic carbocycles. The number of ether oxygens (including phenoxy) is 1. The SMILES string of the molecule is CC(C)(C)OC(=O)C(C)(C)n1c(=O)[nH]c2scnc2c1=O. The summed E-state index contributed by atoms with van der Waals surface area (Å²) in [6.45, 7) is 8.10. The van der Waals surface area contributed by atoms with Crippen molar-refractivity contribution in [1.82, 2.24) is 14.5 Å². The molecule has 7 nitrogen and oxygen atoms in total. The lowest BCUT2D eigenvalue weighted by molar-refractivity contribution is -0.164. The van der Waals surface area contributed by atoms with Crippen LogP contribution in [0.1, 0.15) is 34.6 Å². The van der Waals surface area contributed by atoms with Crippen LogP contribution in [0.25, 0.3) is 10.3 Å². The van der Waals surface area contributed by atoms with Crippen molar-refractivity contribution < 1.29 is 9.53 Å². The topological polar surface area (TPSA) is 94.1 Å². The van der Waals surface area contributed by atoms with Crippen molar-refractivity contribution in [3.63, 3.8) is 0 Å². The van der Waals surface area contributed by atoms with Gasteiger partial charge >= 0.3 is 11.7 Å². The van der Waals surface area contributed by atoms with Crippen molar-refractivity contribution in [3.8, 4) is 0 Å². The van der Waals surface area contributed by atoms with E-state index in [0.29, 0.717) is 4.83 Å². The van der Waals surface area contributed by atoms with E-state index in [4.69, 9.17) is 4.74 Å². The van der Waals surface area contributed by atoms with Crippen molar-refractivity contribution in [1.29, 1.82) is 0 Å². The molecule has 0 aliphatic heterocycles. The summed E-state index contributed by atoms with van der Waals surface area (Å²) in [7, 11) is 0. The molecule has 0 saturated heterocycles. The number of carbonyl (C=O) groups is 1. The minimum absolute atomic E-state index is 0.135. The number of hydrogen-bond donors (Lipinski definition) is 1. The fourth-order valence-corrected chi connectivity index (χ4v) is 2.50. The Morgan fingerprint density at radius 3 is 2.48 bits per heavy atom. The van der Waals surface area contributed by atoms with Crippen LogP contribution in [0.2, 0.25) is 0 Å². The van der Waals surface area contributed by atoms with Crippen LogP contribution in [0.5, 0.6) is 0 Å². The van der Waals surface area contributed by atoms with Gasteiger partial charge in [-0.1, -0.05) is 0 Å². The minimum atomic E-state index is -1.43. The van der Waals surface area contributed by atoms with E-state index >= 15 is 0 Å². The summed E-state index contributed by atoms with van der Waals surface area (Å²) in [5.74, 6) is -0.655. The molecular weight excluding hydrogens is 294 g/mol. The third-order valence-electron chi connectivity index (χ3n) is 2.85. The zero-order valence-electron chi connectivity index (χ0n) is 12.5. The predicted molar refractivity (Wildman–Crippen MR) is 79.7 cm³/mol. The molecule has 2 aromatic heterocycles. The molecule has 114 valence electrons. The van der Waals surface area contributed by atoms with Crippen LogP contribution in [0, 0.1) is 0 Å². The van der Waals surface area contributed by atoms with E-state index in [2.05, 4.69) is 9.97 Å². The van der Waals surface area contributed by atoms with Crippen molar-refractivity contribution in [2.75, 3.05) is 0 Å². The van der Waals surface area contributed by atoms with Crippen LogP contribution in [-0.4, -0.2) is 26.1 Å². The number of aromatic nitrogens is 3. The number of fused-ring (bicyclic) bond motifs is 1. The number of H-pyrrole nitrogens is 1. The van der Waals surface area contributed by atoms with E-state index in [1.807, 2.05) is 0 Å². The van der Waals surface area contributed by atoms with Crippen LogP contribution >= 0.6 is 11.3 Å². The molecule has 0 bridgehead atoms. The monoisotopic (exact) mass is 311 g/mol. The Kier molecular flexibility index (Phi) is 3.53. The highest BCUT2D eigenvalue weighted by atomic mass is 32.1. The Hall–Kier alpha value is -1.96. The Labute approximate surface area is 124 Å². The van der Waals surface area contributed by atoms with Gasteiger partial charge in [-0.3, -0.25) is 9.78 Å². The molecule has 0 unspecified atom stereocenters. The number of esters is 1. The number of rotatable bonds is 2. The zero-order valence-corrected chi connectivity index (χ0v) is 13.3. The van der Waals surface area contributed by atoms with Crippen molar-refractivity contribution in [3.05, 3.63) is 26.3 Å². The Bertz CT molecular complexity index is 807. The molecule has 8 heteroatoms. The maximum absolute atomic E-state index is 12.4. The van der Waals surface area contributed by atoms with Gasteiger partial charge in [-0.15, -0.1) is 11.3 Å². The molecule has 21 heavy (non-hydrogen) atoms. The van der Waals surface area contributed by atoms with E-state index in [1.165, 1.54) is 19.4 Å². The van der Waals surface area contributed by atoms with Crippen molar-refractivity contribution >= 4 is 27.7 Å². The van der Waals surface area contributed by atoms with E-state index in [1.54, 1.807) is 20.8 Å². The lowest BCUT2D eigenvalue weighted by Gasteiger charge is -2.29. The molecule has 0 saturated carbocycles. The number of nitrogens with zero attached hydrogens (tertiary/aromatic N) is 2. The summed E-state index contributed by atoms with van der Waals surface area (Å²) in [6.07, 6.45) is 0. The van der Waals surface area contributed by atoms with Gasteiger partial charge in [0, 0.05) is 0 Å². The molecule has 0 aliphatic rings. The molecular formula is C13H17N3O4S. The van der Waals surface area contributed by atoms with Gasteiger partial charge in [0.05, 0.1) is 5.51 Å². The van der Waals surface area contributed by atoms with Gasteiger partial charge in [-0.2, -0.15) is 0 Å². The van der Waals surface area contributed by atoms with Gasteiger partial charge in [0.2, 0.25) is 0 Å².